The number of carbonyl (C=O) groups excluding carboxylic acids is 2. The summed E-state index contributed by atoms with van der Waals surface area (Å²) in [6.45, 7) is 6.44. The summed E-state index contributed by atoms with van der Waals surface area (Å²) in [7, 11) is 0. The molecule has 29 heavy (non-hydrogen) atoms. The number of rotatable bonds is 5. The van der Waals surface area contributed by atoms with Gasteiger partial charge in [-0.3, -0.25) is 9.59 Å². The third-order valence-electron chi connectivity index (χ3n) is 6.10. The number of hydrogen-bond donors (Lipinski definition) is 1. The predicted molar refractivity (Wildman–Crippen MR) is 111 cm³/mol. The van der Waals surface area contributed by atoms with Gasteiger partial charge in [0.2, 0.25) is 0 Å². The first-order chi connectivity index (χ1) is 14.1. The van der Waals surface area contributed by atoms with Gasteiger partial charge in [-0.05, 0) is 37.8 Å². The van der Waals surface area contributed by atoms with Crippen molar-refractivity contribution in [3.8, 4) is 0 Å². The highest BCUT2D eigenvalue weighted by atomic mass is 16.5. The van der Waals surface area contributed by atoms with Crippen LogP contribution in [0.4, 0.5) is 0 Å². The van der Waals surface area contributed by atoms with Crippen LogP contribution in [0.5, 0.6) is 0 Å². The van der Waals surface area contributed by atoms with Crippen molar-refractivity contribution in [2.45, 2.75) is 58.3 Å². The van der Waals surface area contributed by atoms with Crippen molar-refractivity contribution in [3.63, 3.8) is 0 Å². The van der Waals surface area contributed by atoms with Gasteiger partial charge in [-0.1, -0.05) is 37.3 Å². The van der Waals surface area contributed by atoms with Gasteiger partial charge in [0.15, 0.2) is 0 Å². The first-order valence-corrected chi connectivity index (χ1v) is 10.6. The lowest BCUT2D eigenvalue weighted by Crippen LogP contribution is -2.35. The van der Waals surface area contributed by atoms with Crippen LogP contribution in [0.25, 0.3) is 0 Å². The SMILES string of the molecule is CC[C@@H](NC(=O)c1cc(C(=O)N2CCC[C@H]2C)n2c1COCC2)c1ccccc1. The average molecular weight is 396 g/mol. The summed E-state index contributed by atoms with van der Waals surface area (Å²) in [5, 5.41) is 3.15. The Bertz CT molecular complexity index is 890. The molecule has 3 heterocycles. The number of carbonyl (C=O) groups is 2. The van der Waals surface area contributed by atoms with E-state index in [1.165, 1.54) is 0 Å². The standard InChI is InChI=1S/C23H29N3O3/c1-3-19(17-9-5-4-6-10-17)24-22(27)18-14-20(26-12-13-29-15-21(18)26)23(28)25-11-7-8-16(25)2/h4-6,9-10,14,16,19H,3,7-8,11-13,15H2,1-2H3,(H,24,27)/t16-,19-/m1/s1. The summed E-state index contributed by atoms with van der Waals surface area (Å²) >= 11 is 0. The Labute approximate surface area is 171 Å². The average Bonchev–Trinajstić information content (AvgIpc) is 3.36. The summed E-state index contributed by atoms with van der Waals surface area (Å²) in [4.78, 5) is 28.3. The third kappa shape index (κ3) is 3.81. The zero-order valence-electron chi connectivity index (χ0n) is 17.2. The van der Waals surface area contributed by atoms with Crippen molar-refractivity contribution in [1.29, 1.82) is 0 Å². The molecular formula is C23H29N3O3. The minimum absolute atomic E-state index is 0.0206. The molecule has 4 rings (SSSR count). The van der Waals surface area contributed by atoms with E-state index in [0.29, 0.717) is 31.0 Å². The van der Waals surface area contributed by atoms with Gasteiger partial charge in [-0.15, -0.1) is 0 Å². The maximum Gasteiger partial charge on any atom is 0.270 e. The fourth-order valence-electron chi connectivity index (χ4n) is 4.42. The van der Waals surface area contributed by atoms with Crippen molar-refractivity contribution in [2.75, 3.05) is 13.2 Å². The number of benzene rings is 1. The van der Waals surface area contributed by atoms with Crippen LogP contribution < -0.4 is 5.32 Å². The number of amides is 2. The van der Waals surface area contributed by atoms with Crippen LogP contribution in [0, 0.1) is 0 Å². The lowest BCUT2D eigenvalue weighted by atomic mass is 10.0. The van der Waals surface area contributed by atoms with Gasteiger partial charge >= 0.3 is 0 Å². The molecule has 0 spiro atoms. The molecule has 2 aromatic rings. The molecule has 0 bridgehead atoms. The summed E-state index contributed by atoms with van der Waals surface area (Å²) < 4.78 is 7.60. The van der Waals surface area contributed by atoms with Gasteiger partial charge < -0.3 is 19.5 Å². The Kier molecular flexibility index (Phi) is 5.72. The van der Waals surface area contributed by atoms with Gasteiger partial charge in [0.05, 0.1) is 30.5 Å². The quantitative estimate of drug-likeness (QED) is 0.842. The van der Waals surface area contributed by atoms with Crippen molar-refractivity contribution in [3.05, 3.63) is 58.9 Å². The van der Waals surface area contributed by atoms with E-state index in [1.54, 1.807) is 6.07 Å². The van der Waals surface area contributed by atoms with E-state index >= 15 is 0 Å². The van der Waals surface area contributed by atoms with Gasteiger partial charge in [-0.25, -0.2) is 0 Å². The van der Waals surface area contributed by atoms with E-state index in [-0.39, 0.29) is 23.9 Å². The molecule has 0 saturated carbocycles. The molecule has 6 nitrogen and oxygen atoms in total. The molecular weight excluding hydrogens is 366 g/mol. The molecule has 2 aliphatic heterocycles. The van der Waals surface area contributed by atoms with Gasteiger partial charge in [0, 0.05) is 19.1 Å². The largest absolute Gasteiger partial charge is 0.373 e. The van der Waals surface area contributed by atoms with Crippen LogP contribution in [0.3, 0.4) is 0 Å². The molecule has 1 aromatic heterocycles. The van der Waals surface area contributed by atoms with Crippen LogP contribution >= 0.6 is 0 Å². The van der Waals surface area contributed by atoms with E-state index in [1.807, 2.05) is 39.8 Å². The van der Waals surface area contributed by atoms with Crippen molar-refractivity contribution in [1.82, 2.24) is 14.8 Å². The molecule has 0 aliphatic carbocycles. The Morgan fingerprint density at radius 1 is 1.24 bits per heavy atom. The van der Waals surface area contributed by atoms with Crippen LogP contribution in [-0.4, -0.2) is 40.5 Å². The maximum absolute atomic E-state index is 13.2. The second-order valence-electron chi connectivity index (χ2n) is 7.93. The highest BCUT2D eigenvalue weighted by molar-refractivity contribution is 6.01. The van der Waals surface area contributed by atoms with Crippen molar-refractivity contribution >= 4 is 11.8 Å². The monoisotopic (exact) mass is 395 g/mol. The van der Waals surface area contributed by atoms with E-state index < -0.39 is 0 Å². The van der Waals surface area contributed by atoms with Gasteiger partial charge in [0.1, 0.15) is 5.69 Å². The zero-order valence-corrected chi connectivity index (χ0v) is 17.2. The molecule has 0 radical (unpaired) electrons. The van der Waals surface area contributed by atoms with E-state index in [2.05, 4.69) is 19.2 Å². The molecule has 1 N–H and O–H groups in total. The lowest BCUT2D eigenvalue weighted by Gasteiger charge is -2.24. The number of fused-ring (bicyclic) bond motifs is 1. The predicted octanol–water partition coefficient (Wildman–Crippen LogP) is 3.52. The van der Waals surface area contributed by atoms with Crippen LogP contribution in [-0.2, 0) is 17.9 Å². The fraction of sp³-hybridized carbons (Fsp3) is 0.478. The zero-order chi connectivity index (χ0) is 20.4. The topological polar surface area (TPSA) is 63.6 Å². The van der Waals surface area contributed by atoms with E-state index in [0.717, 1.165) is 37.1 Å². The first-order valence-electron chi connectivity index (χ1n) is 10.6. The minimum Gasteiger partial charge on any atom is -0.373 e. The Balaban J connectivity index is 1.62. The number of nitrogens with one attached hydrogen (secondary N) is 1. The number of hydrogen-bond acceptors (Lipinski definition) is 3. The summed E-state index contributed by atoms with van der Waals surface area (Å²) in [6.07, 6.45) is 2.86. The Morgan fingerprint density at radius 2 is 2.03 bits per heavy atom. The van der Waals surface area contributed by atoms with E-state index in [4.69, 9.17) is 4.74 Å². The Hall–Kier alpha value is -2.60. The lowest BCUT2D eigenvalue weighted by molar-refractivity contribution is 0.0683. The Morgan fingerprint density at radius 3 is 2.72 bits per heavy atom. The molecule has 2 aliphatic rings. The summed E-state index contributed by atoms with van der Waals surface area (Å²) in [5.41, 5.74) is 3.03. The maximum atomic E-state index is 13.2. The smallest absolute Gasteiger partial charge is 0.270 e. The molecule has 1 aromatic carbocycles. The number of ether oxygens (including phenoxy) is 1. The third-order valence-corrected chi connectivity index (χ3v) is 6.10. The van der Waals surface area contributed by atoms with Gasteiger partial charge in [-0.2, -0.15) is 0 Å². The normalized spacial score (nSPS) is 19.7. The molecule has 0 unspecified atom stereocenters. The molecule has 154 valence electrons. The van der Waals surface area contributed by atoms with Crippen LogP contribution in [0.2, 0.25) is 0 Å². The number of nitrogens with zero attached hydrogens (tertiary/aromatic N) is 2. The molecule has 2 atom stereocenters. The van der Waals surface area contributed by atoms with Gasteiger partial charge in [0.25, 0.3) is 11.8 Å². The van der Waals surface area contributed by atoms with E-state index in [9.17, 15) is 9.59 Å². The molecule has 1 saturated heterocycles. The van der Waals surface area contributed by atoms with Crippen molar-refractivity contribution < 1.29 is 14.3 Å². The second kappa shape index (κ2) is 8.41. The van der Waals surface area contributed by atoms with Crippen LogP contribution in [0.1, 0.15) is 71.3 Å². The van der Waals surface area contributed by atoms with Crippen LogP contribution in [0.15, 0.2) is 36.4 Å². The number of aromatic nitrogens is 1. The summed E-state index contributed by atoms with van der Waals surface area (Å²) in [5.74, 6) is -0.129. The second-order valence-corrected chi connectivity index (χ2v) is 7.93. The summed E-state index contributed by atoms with van der Waals surface area (Å²) in [6, 6.07) is 11.9. The molecule has 1 fully saturated rings. The highest BCUT2D eigenvalue weighted by Gasteiger charge is 2.32. The molecule has 2 amide bonds. The first kappa shape index (κ1) is 19.7. The minimum atomic E-state index is -0.150. The number of likely N-dealkylation sites (tertiary alicyclic amines) is 1. The highest BCUT2D eigenvalue weighted by Crippen LogP contribution is 2.26. The van der Waals surface area contributed by atoms with Crippen molar-refractivity contribution in [2.24, 2.45) is 0 Å². The fourth-order valence-corrected chi connectivity index (χ4v) is 4.42. The molecule has 6 heteroatoms.